The van der Waals surface area contributed by atoms with E-state index in [1.54, 1.807) is 24.3 Å². The average Bonchev–Trinajstić information content (AvgIpc) is 3.90. The zero-order chi connectivity index (χ0) is 51.2. The van der Waals surface area contributed by atoms with Crippen molar-refractivity contribution in [1.29, 1.82) is 0 Å². The van der Waals surface area contributed by atoms with Crippen LogP contribution in [0, 0.1) is 0 Å². The summed E-state index contributed by atoms with van der Waals surface area (Å²) in [6.07, 6.45) is 4.33. The minimum Gasteiger partial charge on any atom is -0.493 e. The molecule has 0 saturated carbocycles. The highest BCUT2D eigenvalue weighted by atomic mass is 16.5. The normalized spacial score (nSPS) is 15.9. The van der Waals surface area contributed by atoms with Crippen molar-refractivity contribution in [2.24, 2.45) is 0 Å². The van der Waals surface area contributed by atoms with Crippen molar-refractivity contribution in [2.45, 2.75) is 76.7 Å². The molecule has 0 unspecified atom stereocenters. The van der Waals surface area contributed by atoms with Gasteiger partial charge >= 0.3 is 0 Å². The fourth-order valence-corrected chi connectivity index (χ4v) is 10.0. The summed E-state index contributed by atoms with van der Waals surface area (Å²) < 4.78 is 24.5. The van der Waals surface area contributed by atoms with Crippen molar-refractivity contribution < 1.29 is 52.5 Å². The molecule has 7 amide bonds. The monoisotopic (exact) mass is 991 g/mol. The summed E-state index contributed by atoms with van der Waals surface area (Å²) in [7, 11) is 4.50. The Kier molecular flexibility index (Phi) is 14.9. The third-order valence-corrected chi connectivity index (χ3v) is 13.6. The predicted molar refractivity (Wildman–Crippen MR) is 270 cm³/mol. The van der Waals surface area contributed by atoms with Crippen molar-refractivity contribution in [3.63, 3.8) is 0 Å². The smallest absolute Gasteiger partial charge is 0.258 e. The van der Waals surface area contributed by atoms with Gasteiger partial charge in [0.15, 0.2) is 23.0 Å². The number of hydrogen-bond donors (Lipinski definition) is 5. The van der Waals surface area contributed by atoms with Gasteiger partial charge in [0.1, 0.15) is 13.2 Å². The molecule has 0 fully saturated rings. The molecule has 5 aromatic carbocycles. The molecule has 0 radical (unpaired) electrons. The number of carbonyl (C=O) groups excluding carboxylic acids is 7. The second kappa shape index (κ2) is 21.9. The fourth-order valence-electron chi connectivity index (χ4n) is 10.0. The molecule has 4 aliphatic rings. The third kappa shape index (κ3) is 11.1. The highest BCUT2D eigenvalue weighted by Gasteiger charge is 2.39. The van der Waals surface area contributed by atoms with Crippen LogP contribution in [0.25, 0.3) is 0 Å². The van der Waals surface area contributed by atoms with Gasteiger partial charge in [-0.3, -0.25) is 33.6 Å². The number of nitrogens with zero attached hydrogens (tertiary/aromatic N) is 2. The summed E-state index contributed by atoms with van der Waals surface area (Å²) in [6.45, 7) is -1.22. The summed E-state index contributed by atoms with van der Waals surface area (Å²) in [5.41, 5.74) is 8.67. The quantitative estimate of drug-likeness (QED) is 0.0809. The van der Waals surface area contributed by atoms with Crippen LogP contribution >= 0.6 is 0 Å². The molecular formula is C55H57N7O11. The van der Waals surface area contributed by atoms with E-state index in [4.69, 9.17) is 18.9 Å². The molecule has 18 heteroatoms. The zero-order valence-electron chi connectivity index (χ0n) is 40.9. The van der Waals surface area contributed by atoms with E-state index in [1.807, 2.05) is 64.4 Å². The Bertz CT molecular complexity index is 2860. The van der Waals surface area contributed by atoms with Gasteiger partial charge in [-0.2, -0.15) is 0 Å². The molecule has 4 aliphatic heterocycles. The molecule has 0 saturated heterocycles. The molecule has 0 spiro atoms. The number of hydrogen-bond acceptors (Lipinski definition) is 11. The summed E-state index contributed by atoms with van der Waals surface area (Å²) >= 11 is 0. The lowest BCUT2D eigenvalue weighted by molar-refractivity contribution is -0.129. The topological polar surface area (TPSA) is 223 Å². The molecule has 5 N–H and O–H groups in total. The van der Waals surface area contributed by atoms with Gasteiger partial charge in [-0.1, -0.05) is 36.4 Å². The molecule has 18 nitrogen and oxygen atoms in total. The zero-order valence-corrected chi connectivity index (χ0v) is 40.9. The number of carbonyl (C=O) groups is 7. The molecule has 73 heavy (non-hydrogen) atoms. The lowest BCUT2D eigenvalue weighted by atomic mass is 9.99. The van der Waals surface area contributed by atoms with E-state index in [0.717, 1.165) is 59.3 Å². The first-order valence-corrected chi connectivity index (χ1v) is 24.3. The van der Waals surface area contributed by atoms with Gasteiger partial charge in [0.05, 0.1) is 33.9 Å². The van der Waals surface area contributed by atoms with Gasteiger partial charge in [0.2, 0.25) is 29.5 Å². The molecule has 0 aliphatic carbocycles. The average molecular weight is 992 g/mol. The molecular weight excluding hydrogens is 935 g/mol. The first kappa shape index (κ1) is 49.6. The Hall–Kier alpha value is -8.41. The number of methoxy groups -OCH3 is 2. The summed E-state index contributed by atoms with van der Waals surface area (Å²) in [5.74, 6) is -1.15. The third-order valence-electron chi connectivity index (χ3n) is 13.6. The maximum absolute atomic E-state index is 14.1. The van der Waals surface area contributed by atoms with Gasteiger partial charge in [-0.05, 0) is 127 Å². The van der Waals surface area contributed by atoms with Gasteiger partial charge < -0.3 is 55.3 Å². The van der Waals surface area contributed by atoms with Crippen LogP contribution < -0.4 is 55.3 Å². The van der Waals surface area contributed by atoms with Gasteiger partial charge in [0, 0.05) is 60.2 Å². The highest BCUT2D eigenvalue weighted by Crippen LogP contribution is 2.43. The van der Waals surface area contributed by atoms with E-state index in [2.05, 4.69) is 38.7 Å². The van der Waals surface area contributed by atoms with Crippen LogP contribution in [0.4, 0.5) is 17.1 Å². The first-order chi connectivity index (χ1) is 35.4. The van der Waals surface area contributed by atoms with E-state index < -0.39 is 43.3 Å². The summed E-state index contributed by atoms with van der Waals surface area (Å²) in [6, 6.07) is 28.7. The van der Waals surface area contributed by atoms with Crippen molar-refractivity contribution >= 4 is 58.4 Å². The van der Waals surface area contributed by atoms with Crippen molar-refractivity contribution in [3.8, 4) is 23.0 Å². The molecule has 4 heterocycles. The van der Waals surface area contributed by atoms with Crippen LogP contribution in [-0.2, 0) is 62.9 Å². The van der Waals surface area contributed by atoms with Crippen LogP contribution in [0.15, 0.2) is 91.0 Å². The molecule has 5 aromatic rings. The predicted octanol–water partition coefficient (Wildman–Crippen LogP) is 4.71. The van der Waals surface area contributed by atoms with Gasteiger partial charge in [0.25, 0.3) is 11.8 Å². The highest BCUT2D eigenvalue weighted by molar-refractivity contribution is 6.10. The number of aryl methyl sites for hydroxylation is 2. The van der Waals surface area contributed by atoms with E-state index in [0.29, 0.717) is 63.8 Å². The SMILES string of the molecule is CNC(=O)CCC(=O)NCC(=O)NCC(=O)NCC(=O)Nc1cc(COc2cc3c(cc2OC)C(=O)N2c4ccccc4C[C@H]2CC3)cc(COc2cc3c(cc2OC)C(=O)N2c4ccccc4C[C@H]2CC3)c1. The lowest BCUT2D eigenvalue weighted by Gasteiger charge is -2.23. The second-order valence-corrected chi connectivity index (χ2v) is 18.4. The summed E-state index contributed by atoms with van der Waals surface area (Å²) in [5, 5.41) is 12.5. The molecule has 9 rings (SSSR count). The number of ether oxygens (including phenoxy) is 4. The minimum absolute atomic E-state index is 0.0258. The van der Waals surface area contributed by atoms with E-state index in [1.165, 1.54) is 21.3 Å². The van der Waals surface area contributed by atoms with Crippen LogP contribution in [-0.4, -0.2) is 94.3 Å². The number of fused-ring (bicyclic) bond motifs is 8. The van der Waals surface area contributed by atoms with Gasteiger partial charge in [-0.25, -0.2) is 0 Å². The van der Waals surface area contributed by atoms with E-state index >= 15 is 0 Å². The lowest BCUT2D eigenvalue weighted by Crippen LogP contribution is -2.43. The van der Waals surface area contributed by atoms with Crippen molar-refractivity contribution in [3.05, 3.63) is 136 Å². The number of benzene rings is 5. The standard InChI is InChI=1S/C55H57N7O11/c1-56-49(63)16-17-50(64)57-27-51(65)58-28-52(66)59-29-53(67)60-38-19-32(30-72-47-23-34-12-14-39-21-36-8-4-6-10-43(36)61(39)54(68)41(34)25-45(47)70-2)18-33(20-38)31-73-48-24-35-13-15-40-22-37-9-5-7-11-44(37)62(40)55(69)42(35)26-46(48)71-3/h4-11,18-20,23-26,39-40H,12-17,21-22,27-31H2,1-3H3,(H,56,63)(H,57,64)(H,58,65)(H,59,66)(H,60,67)/t39-,40-/m1/s1. The van der Waals surface area contributed by atoms with Crippen LogP contribution in [0.3, 0.4) is 0 Å². The fraction of sp³-hybridized carbons (Fsp3) is 0.327. The Labute approximate surface area is 422 Å². The number of rotatable bonds is 18. The van der Waals surface area contributed by atoms with Crippen molar-refractivity contribution in [2.75, 3.05) is 56.0 Å². The number of para-hydroxylation sites is 2. The maximum atomic E-state index is 14.1. The largest absolute Gasteiger partial charge is 0.493 e. The molecule has 0 bridgehead atoms. The first-order valence-electron chi connectivity index (χ1n) is 24.3. The van der Waals surface area contributed by atoms with Crippen LogP contribution in [0.1, 0.15) is 79.8 Å². The Morgan fingerprint density at radius 3 is 1.47 bits per heavy atom. The van der Waals surface area contributed by atoms with Gasteiger partial charge in [-0.15, -0.1) is 0 Å². The molecule has 378 valence electrons. The maximum Gasteiger partial charge on any atom is 0.258 e. The van der Waals surface area contributed by atoms with E-state index in [9.17, 15) is 33.6 Å². The Morgan fingerprint density at radius 1 is 0.534 bits per heavy atom. The molecule has 0 aromatic heterocycles. The Balaban J connectivity index is 0.898. The summed E-state index contributed by atoms with van der Waals surface area (Å²) in [4.78, 5) is 93.6. The van der Waals surface area contributed by atoms with E-state index in [-0.39, 0.29) is 55.9 Å². The van der Waals surface area contributed by atoms with Crippen molar-refractivity contribution in [1.82, 2.24) is 21.3 Å². The Morgan fingerprint density at radius 2 is 0.986 bits per heavy atom. The number of anilines is 3. The minimum atomic E-state index is -0.645. The number of nitrogens with one attached hydrogen (secondary N) is 5. The second-order valence-electron chi connectivity index (χ2n) is 18.4. The van der Waals surface area contributed by atoms with Crippen LogP contribution in [0.2, 0.25) is 0 Å². The van der Waals surface area contributed by atoms with Crippen LogP contribution in [0.5, 0.6) is 23.0 Å². The molecule has 2 atom stereocenters. The number of amides is 7.